The summed E-state index contributed by atoms with van der Waals surface area (Å²) in [5.41, 5.74) is -3.76. The molecule has 12 nitrogen and oxygen atoms in total. The van der Waals surface area contributed by atoms with Gasteiger partial charge in [-0.15, -0.1) is 0 Å². The molecule has 0 saturated heterocycles. The van der Waals surface area contributed by atoms with Crippen LogP contribution in [-0.2, 0) is 27.0 Å². The number of fused-ring (bicyclic) bond motifs is 1. The van der Waals surface area contributed by atoms with Gasteiger partial charge in [0, 0.05) is 39.8 Å². The first-order valence-corrected chi connectivity index (χ1v) is 12.9. The number of allylic oxidation sites excluding steroid dienone is 1. The third kappa shape index (κ3) is 7.81. The molecule has 2 aromatic heterocycles. The molecule has 16 heteroatoms. The number of amides is 3. The zero-order valence-corrected chi connectivity index (χ0v) is 24.0. The van der Waals surface area contributed by atoms with Crippen molar-refractivity contribution >= 4 is 40.6 Å². The molecule has 0 aliphatic rings. The van der Waals surface area contributed by atoms with Gasteiger partial charge in [-0.05, 0) is 49.2 Å². The summed E-state index contributed by atoms with van der Waals surface area (Å²) < 4.78 is 61.4. The summed E-state index contributed by atoms with van der Waals surface area (Å²) in [5, 5.41) is 11.8. The van der Waals surface area contributed by atoms with E-state index >= 15 is 0 Å². The molecule has 2 heterocycles. The highest BCUT2D eigenvalue weighted by Crippen LogP contribution is 2.37. The number of hydrogen-bond donors (Lipinski definition) is 2. The van der Waals surface area contributed by atoms with Crippen molar-refractivity contribution in [2.24, 2.45) is 0 Å². The Hall–Kier alpha value is -5.15. The van der Waals surface area contributed by atoms with Gasteiger partial charge in [0.1, 0.15) is 11.5 Å². The molecule has 0 aliphatic carbocycles. The summed E-state index contributed by atoms with van der Waals surface area (Å²) in [6, 6.07) is 4.49. The molecule has 1 unspecified atom stereocenters. The Labute approximate surface area is 247 Å². The molecule has 0 aliphatic heterocycles. The van der Waals surface area contributed by atoms with E-state index in [4.69, 9.17) is 4.74 Å². The lowest BCUT2D eigenvalue weighted by Crippen LogP contribution is -2.37. The predicted octanol–water partition coefficient (Wildman–Crippen LogP) is 3.97. The number of benzene rings is 1. The maximum atomic E-state index is 14.0. The minimum absolute atomic E-state index is 0.0551. The zero-order chi connectivity index (χ0) is 32.9. The number of rotatable bonds is 9. The second-order valence-corrected chi connectivity index (χ2v) is 9.97. The number of carbonyl (C=O) groups is 4. The molecule has 0 radical (unpaired) electrons. The van der Waals surface area contributed by atoms with E-state index < -0.39 is 59.4 Å². The van der Waals surface area contributed by atoms with Crippen molar-refractivity contribution in [3.63, 3.8) is 0 Å². The van der Waals surface area contributed by atoms with E-state index in [2.05, 4.69) is 5.32 Å². The topological polar surface area (TPSA) is 143 Å². The van der Waals surface area contributed by atoms with Crippen LogP contribution in [-0.4, -0.2) is 82.3 Å². The van der Waals surface area contributed by atoms with Crippen LogP contribution in [0.15, 0.2) is 53.5 Å². The average molecular weight is 624 g/mol. The van der Waals surface area contributed by atoms with Gasteiger partial charge in [0.15, 0.2) is 6.10 Å². The first-order chi connectivity index (χ1) is 20.5. The molecule has 0 fully saturated rings. The summed E-state index contributed by atoms with van der Waals surface area (Å²) in [6.07, 6.45) is -5.03. The van der Waals surface area contributed by atoms with Crippen molar-refractivity contribution < 1.29 is 46.6 Å². The van der Waals surface area contributed by atoms with Crippen LogP contribution in [0.25, 0.3) is 10.9 Å². The normalized spacial score (nSPS) is 12.3. The van der Waals surface area contributed by atoms with Crippen LogP contribution in [0.5, 0.6) is 0 Å². The average Bonchev–Trinajstić information content (AvgIpc) is 3.28. The lowest BCUT2D eigenvalue weighted by atomic mass is 10.1. The number of pyridine rings is 1. The van der Waals surface area contributed by atoms with Crippen molar-refractivity contribution in [2.45, 2.75) is 31.7 Å². The zero-order valence-electron chi connectivity index (χ0n) is 24.0. The Morgan fingerprint density at radius 3 is 2.36 bits per heavy atom. The largest absolute Gasteiger partial charge is 0.464 e. The number of hydrogen-bond acceptors (Lipinski definition) is 6. The third-order valence-corrected chi connectivity index (χ3v) is 6.24. The van der Waals surface area contributed by atoms with Crippen LogP contribution >= 0.6 is 0 Å². The van der Waals surface area contributed by atoms with E-state index in [0.29, 0.717) is 4.57 Å². The van der Waals surface area contributed by atoms with Gasteiger partial charge in [0.05, 0.1) is 23.3 Å². The van der Waals surface area contributed by atoms with Gasteiger partial charge in [-0.3, -0.25) is 14.4 Å². The van der Waals surface area contributed by atoms with Gasteiger partial charge in [0.2, 0.25) is 5.91 Å². The Morgan fingerprint density at radius 2 is 1.77 bits per heavy atom. The predicted molar refractivity (Wildman–Crippen MR) is 150 cm³/mol. The van der Waals surface area contributed by atoms with Gasteiger partial charge in [0.25, 0.3) is 11.5 Å². The number of nitrogens with one attached hydrogen (secondary N) is 1. The first kappa shape index (κ1) is 33.4. The number of anilines is 1. The number of carboxylic acid groups (broad SMARTS) is 1. The van der Waals surface area contributed by atoms with E-state index in [0.717, 1.165) is 21.6 Å². The number of aromatic nitrogens is 2. The van der Waals surface area contributed by atoms with Crippen LogP contribution in [0.4, 0.5) is 32.8 Å². The Kier molecular flexibility index (Phi) is 10.2. The maximum Gasteiger partial charge on any atom is 0.418 e. The number of halogens is 4. The second-order valence-electron chi connectivity index (χ2n) is 9.97. The smallest absolute Gasteiger partial charge is 0.418 e. The standard InChI is InChI=1S/C28H29F4N5O7/c1-34(2)22(38)10-6-5-9-21(44-27(43)35(3)4)24(39)33-20-8-7-11-36(25(20)40)15-18-13-16-12-17(29)14-19(28(30,31)32)23(16)37(18)26(41)42/h6-8,10-14,21H,5,9,15H2,1-4H3,(H,33,39)(H,41,42). The fourth-order valence-electron chi connectivity index (χ4n) is 4.11. The molecule has 236 valence electrons. The van der Waals surface area contributed by atoms with E-state index in [9.17, 15) is 46.6 Å². The molecule has 0 bridgehead atoms. The number of likely N-dealkylation sites (N-methyl/N-ethyl adjacent to an activating group) is 1. The molecule has 3 aromatic rings. The highest BCUT2D eigenvalue weighted by molar-refractivity contribution is 5.95. The maximum absolute atomic E-state index is 14.0. The number of ether oxygens (including phenoxy) is 1. The van der Waals surface area contributed by atoms with Crippen molar-refractivity contribution in [1.82, 2.24) is 18.9 Å². The molecular formula is C28H29F4N5O7. The number of carbonyl (C=O) groups excluding carboxylic acids is 3. The summed E-state index contributed by atoms with van der Waals surface area (Å²) in [4.78, 5) is 64.6. The van der Waals surface area contributed by atoms with Gasteiger partial charge >= 0.3 is 18.4 Å². The van der Waals surface area contributed by atoms with E-state index in [-0.39, 0.29) is 41.6 Å². The highest BCUT2D eigenvalue weighted by Gasteiger charge is 2.36. The van der Waals surface area contributed by atoms with Crippen LogP contribution in [0.1, 0.15) is 24.1 Å². The fraction of sp³-hybridized carbons (Fsp3) is 0.321. The Bertz CT molecular complexity index is 1670. The fourth-order valence-corrected chi connectivity index (χ4v) is 4.11. The third-order valence-electron chi connectivity index (χ3n) is 6.24. The van der Waals surface area contributed by atoms with Crippen molar-refractivity contribution in [3.05, 3.63) is 76.1 Å². The molecule has 2 N–H and O–H groups in total. The Morgan fingerprint density at radius 1 is 1.09 bits per heavy atom. The second kappa shape index (κ2) is 13.4. The molecule has 44 heavy (non-hydrogen) atoms. The molecule has 3 amide bonds. The van der Waals surface area contributed by atoms with Crippen molar-refractivity contribution in [1.29, 1.82) is 0 Å². The van der Waals surface area contributed by atoms with Crippen molar-refractivity contribution in [2.75, 3.05) is 33.5 Å². The quantitative estimate of drug-likeness (QED) is 0.271. The molecule has 3 rings (SSSR count). The highest BCUT2D eigenvalue weighted by atomic mass is 19.4. The van der Waals surface area contributed by atoms with E-state index in [1.165, 1.54) is 49.5 Å². The van der Waals surface area contributed by atoms with Crippen LogP contribution in [0.3, 0.4) is 0 Å². The van der Waals surface area contributed by atoms with Crippen LogP contribution in [0.2, 0.25) is 0 Å². The summed E-state index contributed by atoms with van der Waals surface area (Å²) >= 11 is 0. The molecule has 0 spiro atoms. The number of nitrogens with zero attached hydrogens (tertiary/aromatic N) is 4. The lowest BCUT2D eigenvalue weighted by molar-refractivity contribution is -0.136. The minimum Gasteiger partial charge on any atom is -0.464 e. The first-order valence-electron chi connectivity index (χ1n) is 12.9. The monoisotopic (exact) mass is 623 g/mol. The lowest BCUT2D eigenvalue weighted by Gasteiger charge is -2.20. The van der Waals surface area contributed by atoms with Gasteiger partial charge in [-0.25, -0.2) is 18.5 Å². The van der Waals surface area contributed by atoms with Gasteiger partial charge in [-0.1, -0.05) is 6.08 Å². The summed E-state index contributed by atoms with van der Waals surface area (Å²) in [7, 11) is 5.89. The van der Waals surface area contributed by atoms with Gasteiger partial charge < -0.3 is 29.5 Å². The summed E-state index contributed by atoms with van der Waals surface area (Å²) in [6.45, 7) is -0.563. The number of alkyl halides is 3. The minimum atomic E-state index is -5.07. The van der Waals surface area contributed by atoms with Gasteiger partial charge in [-0.2, -0.15) is 13.2 Å². The van der Waals surface area contributed by atoms with E-state index in [1.54, 1.807) is 14.1 Å². The van der Waals surface area contributed by atoms with Crippen LogP contribution < -0.4 is 10.9 Å². The Balaban J connectivity index is 1.93. The SMILES string of the molecule is CN(C)C(=O)C=CCCC(OC(=O)N(C)C)C(=O)Nc1cccn(Cc2cc3cc(F)cc(C(F)(F)F)c3n2C(=O)O)c1=O. The van der Waals surface area contributed by atoms with E-state index in [1.807, 2.05) is 0 Å². The molecular weight excluding hydrogens is 594 g/mol. The molecule has 0 saturated carbocycles. The molecule has 1 atom stereocenters. The summed E-state index contributed by atoms with van der Waals surface area (Å²) in [5.74, 6) is -2.42. The molecule has 1 aromatic carbocycles. The van der Waals surface area contributed by atoms with Crippen LogP contribution in [0, 0.1) is 5.82 Å². The van der Waals surface area contributed by atoms with Crippen molar-refractivity contribution in [3.8, 4) is 0 Å².